The molecule has 5 rings (SSSR count). The second-order valence-corrected chi connectivity index (χ2v) is 9.96. The van der Waals surface area contributed by atoms with E-state index in [1.807, 2.05) is 6.92 Å². The van der Waals surface area contributed by atoms with Gasteiger partial charge >= 0.3 is 0 Å². The summed E-state index contributed by atoms with van der Waals surface area (Å²) in [7, 11) is 0. The maximum Gasteiger partial charge on any atom is 0.150 e. The molecule has 2 aliphatic carbocycles. The molecular weight excluding hydrogens is 380 g/mol. The zero-order valence-corrected chi connectivity index (χ0v) is 19.8. The third kappa shape index (κ3) is 3.75. The fraction of sp³-hybridized carbons (Fsp3) is 0.556. The number of aromatic nitrogens is 3. The second-order valence-electron chi connectivity index (χ2n) is 9.96. The van der Waals surface area contributed by atoms with Crippen LogP contribution in [0.25, 0.3) is 16.7 Å². The molecular formula is C27H36N4. The standard InChI is InChI=1S/C27H36N4/c1-6-21(15-20-11-12-20)30-26-24-22-9-7-8-10-23(22)31(27(24)29-19(5)28-26)25-17(3)13-16(2)14-18(25)4/h13-14,20-21H,6-12,15H2,1-5H3,(H,28,29,30). The van der Waals surface area contributed by atoms with Crippen LogP contribution in [-0.4, -0.2) is 20.6 Å². The van der Waals surface area contributed by atoms with E-state index in [1.165, 1.54) is 71.1 Å². The molecule has 0 radical (unpaired) electrons. The van der Waals surface area contributed by atoms with Gasteiger partial charge < -0.3 is 5.32 Å². The van der Waals surface area contributed by atoms with Crippen molar-refractivity contribution in [1.29, 1.82) is 0 Å². The van der Waals surface area contributed by atoms with Crippen LogP contribution in [0, 0.1) is 33.6 Å². The summed E-state index contributed by atoms with van der Waals surface area (Å²) in [5.74, 6) is 2.83. The molecule has 1 saturated carbocycles. The minimum absolute atomic E-state index is 0.496. The van der Waals surface area contributed by atoms with Crippen molar-refractivity contribution in [2.75, 3.05) is 5.32 Å². The van der Waals surface area contributed by atoms with Crippen LogP contribution in [0.2, 0.25) is 0 Å². The molecule has 4 nitrogen and oxygen atoms in total. The maximum absolute atomic E-state index is 5.04. The van der Waals surface area contributed by atoms with Gasteiger partial charge in [-0.15, -0.1) is 0 Å². The van der Waals surface area contributed by atoms with Crippen molar-refractivity contribution in [3.05, 3.63) is 45.9 Å². The molecule has 164 valence electrons. The Hall–Kier alpha value is -2.36. The third-order valence-corrected chi connectivity index (χ3v) is 7.23. The van der Waals surface area contributed by atoms with E-state index in [4.69, 9.17) is 9.97 Å². The number of nitrogens with zero attached hydrogens (tertiary/aromatic N) is 3. The van der Waals surface area contributed by atoms with Crippen LogP contribution in [-0.2, 0) is 12.8 Å². The van der Waals surface area contributed by atoms with Crippen molar-refractivity contribution >= 4 is 16.9 Å². The summed E-state index contributed by atoms with van der Waals surface area (Å²) in [6.07, 6.45) is 9.95. The molecule has 1 aromatic carbocycles. The number of hydrogen-bond donors (Lipinski definition) is 1. The minimum atomic E-state index is 0.496. The van der Waals surface area contributed by atoms with Crippen molar-refractivity contribution in [2.24, 2.45) is 5.92 Å². The number of benzene rings is 1. The van der Waals surface area contributed by atoms with Crippen molar-refractivity contribution in [1.82, 2.24) is 14.5 Å². The zero-order chi connectivity index (χ0) is 21.7. The Labute approximate surface area is 186 Å². The molecule has 0 aliphatic heterocycles. The quantitative estimate of drug-likeness (QED) is 0.497. The minimum Gasteiger partial charge on any atom is -0.367 e. The van der Waals surface area contributed by atoms with Crippen LogP contribution in [0.15, 0.2) is 12.1 Å². The molecule has 3 aromatic rings. The first-order valence-corrected chi connectivity index (χ1v) is 12.2. The highest BCUT2D eigenvalue weighted by atomic mass is 15.1. The first kappa shape index (κ1) is 20.5. The van der Waals surface area contributed by atoms with Crippen LogP contribution >= 0.6 is 0 Å². The molecule has 1 N–H and O–H groups in total. The Morgan fingerprint density at radius 3 is 2.42 bits per heavy atom. The SMILES string of the molecule is CCC(CC1CC1)Nc1nc(C)nc2c1c1c(n2-c2c(C)cc(C)cc2C)CCCC1. The molecule has 1 unspecified atom stereocenters. The van der Waals surface area contributed by atoms with E-state index >= 15 is 0 Å². The van der Waals surface area contributed by atoms with Crippen LogP contribution in [0.3, 0.4) is 0 Å². The molecule has 4 heteroatoms. The monoisotopic (exact) mass is 416 g/mol. The molecule has 1 atom stereocenters. The first-order valence-electron chi connectivity index (χ1n) is 12.2. The summed E-state index contributed by atoms with van der Waals surface area (Å²) in [4.78, 5) is 10.00. The summed E-state index contributed by atoms with van der Waals surface area (Å²) in [5.41, 5.74) is 9.32. The Kier molecular flexibility index (Phi) is 5.27. The smallest absolute Gasteiger partial charge is 0.150 e. The van der Waals surface area contributed by atoms with E-state index in [0.29, 0.717) is 6.04 Å². The second kappa shape index (κ2) is 7.96. The molecule has 0 saturated heterocycles. The molecule has 0 bridgehead atoms. The summed E-state index contributed by atoms with van der Waals surface area (Å²) < 4.78 is 2.48. The highest BCUT2D eigenvalue weighted by molar-refractivity contribution is 5.94. The Bertz CT molecular complexity index is 1110. The first-order chi connectivity index (χ1) is 15.0. The van der Waals surface area contributed by atoms with E-state index < -0.39 is 0 Å². The van der Waals surface area contributed by atoms with Crippen molar-refractivity contribution in [3.63, 3.8) is 0 Å². The van der Waals surface area contributed by atoms with Crippen LogP contribution in [0.1, 0.15) is 79.2 Å². The van der Waals surface area contributed by atoms with Gasteiger partial charge in [0, 0.05) is 11.7 Å². The topological polar surface area (TPSA) is 42.7 Å². The predicted octanol–water partition coefficient (Wildman–Crippen LogP) is 6.52. The number of hydrogen-bond acceptors (Lipinski definition) is 3. The molecule has 2 aromatic heterocycles. The fourth-order valence-corrected chi connectivity index (χ4v) is 5.68. The van der Waals surface area contributed by atoms with Crippen molar-refractivity contribution in [3.8, 4) is 5.69 Å². The molecule has 2 aliphatic rings. The van der Waals surface area contributed by atoms with Gasteiger partial charge in [-0.2, -0.15) is 0 Å². The van der Waals surface area contributed by atoms with Crippen molar-refractivity contribution in [2.45, 2.75) is 92.0 Å². The Morgan fingerprint density at radius 2 is 1.74 bits per heavy atom. The normalized spacial score (nSPS) is 17.1. The Balaban J connectivity index is 1.73. The van der Waals surface area contributed by atoms with Gasteiger partial charge in [0.1, 0.15) is 11.6 Å². The number of rotatable bonds is 6. The lowest BCUT2D eigenvalue weighted by atomic mass is 9.95. The van der Waals surface area contributed by atoms with E-state index in [2.05, 4.69) is 49.7 Å². The van der Waals surface area contributed by atoms with Gasteiger partial charge in [0.25, 0.3) is 0 Å². The van der Waals surface area contributed by atoms with Gasteiger partial charge in [0.05, 0.1) is 11.1 Å². The lowest BCUT2D eigenvalue weighted by molar-refractivity contribution is 0.585. The zero-order valence-electron chi connectivity index (χ0n) is 19.8. The van der Waals surface area contributed by atoms with E-state index in [0.717, 1.165) is 42.5 Å². The van der Waals surface area contributed by atoms with E-state index in [9.17, 15) is 0 Å². The van der Waals surface area contributed by atoms with Gasteiger partial charge in [0.2, 0.25) is 0 Å². The number of nitrogens with one attached hydrogen (secondary N) is 1. The highest BCUT2D eigenvalue weighted by Gasteiger charge is 2.29. The molecule has 0 amide bonds. The third-order valence-electron chi connectivity index (χ3n) is 7.23. The lowest BCUT2D eigenvalue weighted by Gasteiger charge is -2.19. The molecule has 1 fully saturated rings. The average Bonchev–Trinajstić information content (AvgIpc) is 3.48. The molecule has 2 heterocycles. The van der Waals surface area contributed by atoms with Crippen LogP contribution in [0.4, 0.5) is 5.82 Å². The van der Waals surface area contributed by atoms with Crippen LogP contribution in [0.5, 0.6) is 0 Å². The van der Waals surface area contributed by atoms with Gasteiger partial charge in [-0.1, -0.05) is 37.5 Å². The summed E-state index contributed by atoms with van der Waals surface area (Å²) in [6.45, 7) is 11.0. The number of aryl methyl sites for hydroxylation is 5. The Morgan fingerprint density at radius 1 is 1.03 bits per heavy atom. The number of anilines is 1. The van der Waals surface area contributed by atoms with Crippen LogP contribution < -0.4 is 5.32 Å². The van der Waals surface area contributed by atoms with Gasteiger partial charge in [0.15, 0.2) is 5.65 Å². The maximum atomic E-state index is 5.04. The largest absolute Gasteiger partial charge is 0.367 e. The van der Waals surface area contributed by atoms with E-state index in [-0.39, 0.29) is 0 Å². The predicted molar refractivity (Wildman–Crippen MR) is 129 cm³/mol. The van der Waals surface area contributed by atoms with Gasteiger partial charge in [-0.3, -0.25) is 4.57 Å². The van der Waals surface area contributed by atoms with E-state index in [1.54, 1.807) is 0 Å². The summed E-state index contributed by atoms with van der Waals surface area (Å²) in [5, 5.41) is 5.14. The molecule has 0 spiro atoms. The lowest BCUT2D eigenvalue weighted by Crippen LogP contribution is -2.20. The van der Waals surface area contributed by atoms with Crippen molar-refractivity contribution < 1.29 is 0 Å². The van der Waals surface area contributed by atoms with Gasteiger partial charge in [-0.25, -0.2) is 9.97 Å². The fourth-order valence-electron chi connectivity index (χ4n) is 5.68. The van der Waals surface area contributed by atoms with Gasteiger partial charge in [-0.05, 0) is 88.8 Å². The highest BCUT2D eigenvalue weighted by Crippen LogP contribution is 2.40. The summed E-state index contributed by atoms with van der Waals surface area (Å²) >= 11 is 0. The summed E-state index contributed by atoms with van der Waals surface area (Å²) in [6, 6.07) is 5.11. The molecule has 31 heavy (non-hydrogen) atoms. The number of fused-ring (bicyclic) bond motifs is 3. The average molecular weight is 417 g/mol.